The van der Waals surface area contributed by atoms with Crippen LogP contribution in [0.3, 0.4) is 0 Å². The van der Waals surface area contributed by atoms with Gasteiger partial charge in [0.15, 0.2) is 5.69 Å². The molecule has 0 bridgehead atoms. The number of fused-ring (bicyclic) bond motifs is 3. The Kier molecular flexibility index (Phi) is 5.24. The van der Waals surface area contributed by atoms with E-state index in [1.54, 1.807) is 18.2 Å². The van der Waals surface area contributed by atoms with Crippen molar-refractivity contribution in [3.05, 3.63) is 132 Å². The van der Waals surface area contributed by atoms with Crippen LogP contribution < -0.4 is 0 Å². The highest BCUT2D eigenvalue weighted by atomic mass is 15.0. The molecule has 0 saturated carbocycles. The summed E-state index contributed by atoms with van der Waals surface area (Å²) in [6.07, 6.45) is 0. The van der Waals surface area contributed by atoms with Gasteiger partial charge in [-0.2, -0.15) is 10.5 Å². The zero-order chi connectivity index (χ0) is 25.4. The van der Waals surface area contributed by atoms with E-state index in [-0.39, 0.29) is 0 Å². The van der Waals surface area contributed by atoms with Crippen LogP contribution in [0, 0.1) is 29.2 Å². The summed E-state index contributed by atoms with van der Waals surface area (Å²) >= 11 is 0. The van der Waals surface area contributed by atoms with Crippen molar-refractivity contribution in [3.63, 3.8) is 0 Å². The zero-order valence-electron chi connectivity index (χ0n) is 19.7. The van der Waals surface area contributed by atoms with Crippen LogP contribution in [0.2, 0.25) is 0 Å². The minimum Gasteiger partial charge on any atom is -0.309 e. The van der Waals surface area contributed by atoms with E-state index >= 15 is 0 Å². The molecule has 0 saturated heterocycles. The Labute approximate surface area is 214 Å². The lowest BCUT2D eigenvalue weighted by Crippen LogP contribution is -1.93. The monoisotopic (exact) mass is 470 g/mol. The maximum Gasteiger partial charge on any atom is 0.196 e. The highest BCUT2D eigenvalue weighted by Crippen LogP contribution is 2.43. The van der Waals surface area contributed by atoms with Gasteiger partial charge in [0, 0.05) is 27.6 Å². The lowest BCUT2D eigenvalue weighted by atomic mass is 9.93. The molecule has 0 atom stereocenters. The second-order valence-electron chi connectivity index (χ2n) is 8.68. The predicted molar refractivity (Wildman–Crippen MR) is 147 cm³/mol. The van der Waals surface area contributed by atoms with Gasteiger partial charge in [-0.1, -0.05) is 66.7 Å². The molecule has 0 amide bonds. The molecule has 0 aliphatic rings. The van der Waals surface area contributed by atoms with Gasteiger partial charge in [-0.15, -0.1) is 0 Å². The first-order valence-electron chi connectivity index (χ1n) is 11.8. The SMILES string of the molecule is [C-]#[N+]c1cccc(C#N)c1-c1cccc2c1c1cc(-c3ccccc3C#N)ccc1n2-c1ccccc1. The Bertz CT molecular complexity index is 1930. The van der Waals surface area contributed by atoms with Crippen molar-refractivity contribution in [1.82, 2.24) is 4.57 Å². The lowest BCUT2D eigenvalue weighted by Gasteiger charge is -2.10. The van der Waals surface area contributed by atoms with E-state index in [4.69, 9.17) is 6.57 Å². The van der Waals surface area contributed by atoms with Crippen LogP contribution in [-0.4, -0.2) is 4.57 Å². The summed E-state index contributed by atoms with van der Waals surface area (Å²) in [5.41, 5.74) is 7.80. The third kappa shape index (κ3) is 3.43. The van der Waals surface area contributed by atoms with Gasteiger partial charge in [-0.05, 0) is 59.2 Å². The molecule has 37 heavy (non-hydrogen) atoms. The Morgan fingerprint density at radius 1 is 0.649 bits per heavy atom. The molecule has 6 rings (SSSR count). The Hall–Kier alpha value is -5.63. The predicted octanol–water partition coefficient (Wildman–Crippen LogP) is 8.41. The second kappa shape index (κ2) is 8.86. The highest BCUT2D eigenvalue weighted by molar-refractivity contribution is 6.17. The Balaban J connectivity index is 1.79. The van der Waals surface area contributed by atoms with E-state index in [0.717, 1.165) is 44.2 Å². The van der Waals surface area contributed by atoms with E-state index in [2.05, 4.69) is 51.9 Å². The van der Waals surface area contributed by atoms with Crippen molar-refractivity contribution in [3.8, 4) is 40.1 Å². The number of nitrogens with zero attached hydrogens (tertiary/aromatic N) is 4. The van der Waals surface area contributed by atoms with E-state index in [9.17, 15) is 10.5 Å². The van der Waals surface area contributed by atoms with Crippen LogP contribution in [0.4, 0.5) is 5.69 Å². The molecule has 0 spiro atoms. The van der Waals surface area contributed by atoms with Gasteiger partial charge in [0.2, 0.25) is 0 Å². The maximum atomic E-state index is 9.93. The topological polar surface area (TPSA) is 56.9 Å². The fourth-order valence-corrected chi connectivity index (χ4v) is 5.14. The normalized spacial score (nSPS) is 10.6. The molecular weight excluding hydrogens is 452 g/mol. The number of hydrogen-bond donors (Lipinski definition) is 0. The molecule has 0 N–H and O–H groups in total. The van der Waals surface area contributed by atoms with Gasteiger partial charge in [0.1, 0.15) is 0 Å². The molecule has 0 unspecified atom stereocenters. The van der Waals surface area contributed by atoms with E-state index in [1.807, 2.05) is 60.7 Å². The molecule has 1 aromatic heterocycles. The number of hydrogen-bond acceptors (Lipinski definition) is 2. The minimum absolute atomic E-state index is 0.443. The number of rotatable bonds is 3. The Morgan fingerprint density at radius 2 is 1.35 bits per heavy atom. The zero-order valence-corrected chi connectivity index (χ0v) is 19.7. The fraction of sp³-hybridized carbons (Fsp3) is 0. The summed E-state index contributed by atoms with van der Waals surface area (Å²) in [4.78, 5) is 3.75. The standard InChI is InChI=1S/C33H18N4/c1-36-29-15-7-10-24(21-35)32(29)27-14-8-16-31-33(27)28-19-22(26-13-6-5-9-23(26)20-34)17-18-30(28)37(31)25-11-3-2-4-12-25/h2-19H. The van der Waals surface area contributed by atoms with Crippen molar-refractivity contribution >= 4 is 27.5 Å². The summed E-state index contributed by atoms with van der Waals surface area (Å²) in [7, 11) is 0. The molecule has 4 heteroatoms. The van der Waals surface area contributed by atoms with Crippen LogP contribution in [0.1, 0.15) is 11.1 Å². The molecule has 1 heterocycles. The number of aromatic nitrogens is 1. The quantitative estimate of drug-likeness (QED) is 0.244. The van der Waals surface area contributed by atoms with Gasteiger partial charge < -0.3 is 4.57 Å². The van der Waals surface area contributed by atoms with Crippen molar-refractivity contribution in [2.45, 2.75) is 0 Å². The summed E-state index contributed by atoms with van der Waals surface area (Å²) in [6, 6.07) is 39.9. The first kappa shape index (κ1) is 21.9. The van der Waals surface area contributed by atoms with Gasteiger partial charge in [0.25, 0.3) is 0 Å². The van der Waals surface area contributed by atoms with Gasteiger partial charge in [-0.25, -0.2) is 4.85 Å². The first-order chi connectivity index (χ1) is 18.2. The number of benzene rings is 5. The van der Waals surface area contributed by atoms with Crippen LogP contribution in [0.5, 0.6) is 0 Å². The third-order valence-electron chi connectivity index (χ3n) is 6.72. The summed E-state index contributed by atoms with van der Waals surface area (Å²) in [6.45, 7) is 7.79. The molecule has 0 radical (unpaired) electrons. The van der Waals surface area contributed by atoms with Crippen molar-refractivity contribution in [1.29, 1.82) is 10.5 Å². The average Bonchev–Trinajstić information content (AvgIpc) is 3.31. The minimum atomic E-state index is 0.443. The van der Waals surface area contributed by atoms with Crippen molar-refractivity contribution in [2.75, 3.05) is 0 Å². The summed E-state index contributed by atoms with van der Waals surface area (Å²) < 4.78 is 2.21. The van der Waals surface area contributed by atoms with Crippen LogP contribution in [-0.2, 0) is 0 Å². The second-order valence-corrected chi connectivity index (χ2v) is 8.68. The average molecular weight is 471 g/mol. The molecule has 5 aromatic carbocycles. The smallest absolute Gasteiger partial charge is 0.196 e. The molecule has 0 fully saturated rings. The van der Waals surface area contributed by atoms with Gasteiger partial charge >= 0.3 is 0 Å². The molecule has 4 nitrogen and oxygen atoms in total. The van der Waals surface area contributed by atoms with E-state index < -0.39 is 0 Å². The van der Waals surface area contributed by atoms with Crippen molar-refractivity contribution in [2.24, 2.45) is 0 Å². The highest BCUT2D eigenvalue weighted by Gasteiger charge is 2.20. The Morgan fingerprint density at radius 3 is 2.14 bits per heavy atom. The maximum absolute atomic E-state index is 9.93. The fourth-order valence-electron chi connectivity index (χ4n) is 5.14. The molecule has 0 aliphatic heterocycles. The first-order valence-corrected chi connectivity index (χ1v) is 11.8. The van der Waals surface area contributed by atoms with Gasteiger partial charge in [0.05, 0.1) is 35.3 Å². The van der Waals surface area contributed by atoms with Gasteiger partial charge in [-0.3, -0.25) is 0 Å². The molecule has 0 aliphatic carbocycles. The number of para-hydroxylation sites is 1. The molecular formula is C33H18N4. The van der Waals surface area contributed by atoms with Crippen LogP contribution >= 0.6 is 0 Å². The molecule has 6 aromatic rings. The summed E-state index contributed by atoms with van der Waals surface area (Å²) in [5, 5.41) is 21.6. The lowest BCUT2D eigenvalue weighted by molar-refractivity contribution is 1.18. The summed E-state index contributed by atoms with van der Waals surface area (Å²) in [5.74, 6) is 0. The largest absolute Gasteiger partial charge is 0.309 e. The third-order valence-corrected chi connectivity index (χ3v) is 6.72. The van der Waals surface area contributed by atoms with E-state index in [0.29, 0.717) is 22.4 Å². The van der Waals surface area contributed by atoms with Crippen molar-refractivity contribution < 1.29 is 0 Å². The van der Waals surface area contributed by atoms with Crippen LogP contribution in [0.15, 0.2) is 109 Å². The molecule has 170 valence electrons. The van der Waals surface area contributed by atoms with E-state index in [1.165, 1.54) is 0 Å². The number of nitriles is 2. The van der Waals surface area contributed by atoms with Crippen LogP contribution in [0.25, 0.3) is 54.6 Å².